The molecule has 0 bridgehead atoms. The van der Waals surface area contributed by atoms with Crippen LogP contribution in [0.5, 0.6) is 0 Å². The molecule has 0 amide bonds. The van der Waals surface area contributed by atoms with Gasteiger partial charge in [0.25, 0.3) is 6.43 Å². The molecule has 0 spiro atoms. The van der Waals surface area contributed by atoms with Gasteiger partial charge in [0.2, 0.25) is 0 Å². The topological polar surface area (TPSA) is 43.4 Å². The van der Waals surface area contributed by atoms with Gasteiger partial charge in [-0.15, -0.1) is 0 Å². The number of rotatable bonds is 4. The summed E-state index contributed by atoms with van der Waals surface area (Å²) in [6.07, 6.45) is -3.49. The molecule has 0 aliphatic heterocycles. The number of ether oxygens (including phenoxy) is 1. The summed E-state index contributed by atoms with van der Waals surface area (Å²) in [5.74, 6) is -3.97. The number of alkyl halides is 2. The second kappa shape index (κ2) is 4.89. The Labute approximate surface area is 75.1 Å². The number of hydrogen-bond donors (Lipinski definition) is 0. The molecular formula is C8H12F2O3. The maximum atomic E-state index is 12.1. The molecule has 0 saturated heterocycles. The second-order valence-corrected chi connectivity index (χ2v) is 2.91. The van der Waals surface area contributed by atoms with Crippen LogP contribution < -0.4 is 0 Å². The minimum absolute atomic E-state index is 0.493. The molecule has 0 aliphatic rings. The summed E-state index contributed by atoms with van der Waals surface area (Å²) >= 11 is 0. The summed E-state index contributed by atoms with van der Waals surface area (Å²) in [5, 5.41) is 0. The van der Waals surface area contributed by atoms with E-state index in [4.69, 9.17) is 0 Å². The van der Waals surface area contributed by atoms with E-state index in [0.29, 0.717) is 0 Å². The maximum Gasteiger partial charge on any atom is 0.322 e. The molecule has 0 aromatic carbocycles. The Kier molecular flexibility index (Phi) is 4.51. The van der Waals surface area contributed by atoms with Crippen LogP contribution in [0.2, 0.25) is 0 Å². The summed E-state index contributed by atoms with van der Waals surface area (Å²) < 4.78 is 28.8. The van der Waals surface area contributed by atoms with Crippen LogP contribution in [0.4, 0.5) is 8.78 Å². The van der Waals surface area contributed by atoms with Crippen molar-refractivity contribution < 1.29 is 23.1 Å². The van der Waals surface area contributed by atoms with Crippen molar-refractivity contribution in [3.8, 4) is 0 Å². The van der Waals surface area contributed by atoms with Crippen molar-refractivity contribution >= 4 is 11.8 Å². The normalized spacial score (nSPS) is 13.2. The van der Waals surface area contributed by atoms with Crippen LogP contribution >= 0.6 is 0 Å². The van der Waals surface area contributed by atoms with Gasteiger partial charge >= 0.3 is 5.97 Å². The molecule has 3 nitrogen and oxygen atoms in total. The van der Waals surface area contributed by atoms with Crippen molar-refractivity contribution in [2.24, 2.45) is 5.92 Å². The third-order valence-corrected chi connectivity index (χ3v) is 1.30. The molecule has 0 saturated carbocycles. The molecule has 0 aliphatic carbocycles. The predicted molar refractivity (Wildman–Crippen MR) is 41.4 cm³/mol. The van der Waals surface area contributed by atoms with Gasteiger partial charge in [0.05, 0.1) is 6.10 Å². The molecule has 1 atom stereocenters. The van der Waals surface area contributed by atoms with Crippen molar-refractivity contribution in [3.05, 3.63) is 0 Å². The zero-order valence-electron chi connectivity index (χ0n) is 7.71. The van der Waals surface area contributed by atoms with Gasteiger partial charge in [-0.1, -0.05) is 0 Å². The van der Waals surface area contributed by atoms with Crippen molar-refractivity contribution in [1.82, 2.24) is 0 Å². The summed E-state index contributed by atoms with van der Waals surface area (Å²) in [6.45, 7) is 4.00. The van der Waals surface area contributed by atoms with E-state index >= 15 is 0 Å². The van der Waals surface area contributed by atoms with Crippen molar-refractivity contribution in [3.63, 3.8) is 0 Å². The molecule has 0 heterocycles. The smallest absolute Gasteiger partial charge is 0.322 e. The van der Waals surface area contributed by atoms with Gasteiger partial charge in [-0.3, -0.25) is 9.59 Å². The zero-order chi connectivity index (χ0) is 10.6. The third-order valence-electron chi connectivity index (χ3n) is 1.30. The van der Waals surface area contributed by atoms with Crippen LogP contribution in [0.3, 0.4) is 0 Å². The van der Waals surface area contributed by atoms with Crippen LogP contribution in [0.15, 0.2) is 0 Å². The van der Waals surface area contributed by atoms with Crippen molar-refractivity contribution in [2.75, 3.05) is 0 Å². The fourth-order valence-corrected chi connectivity index (χ4v) is 0.752. The Morgan fingerprint density at radius 3 is 1.92 bits per heavy atom. The van der Waals surface area contributed by atoms with Crippen LogP contribution in [0.1, 0.15) is 20.8 Å². The van der Waals surface area contributed by atoms with Crippen LogP contribution in [0, 0.1) is 5.92 Å². The molecule has 0 aromatic heterocycles. The van der Waals surface area contributed by atoms with Crippen LogP contribution in [-0.2, 0) is 14.3 Å². The van der Waals surface area contributed by atoms with E-state index in [1.165, 1.54) is 13.8 Å². The number of carbonyl (C=O) groups is 2. The summed E-state index contributed by atoms with van der Waals surface area (Å²) in [4.78, 5) is 21.5. The summed E-state index contributed by atoms with van der Waals surface area (Å²) in [7, 11) is 0. The molecular weight excluding hydrogens is 182 g/mol. The van der Waals surface area contributed by atoms with Gasteiger partial charge in [0, 0.05) is 0 Å². The molecule has 0 aromatic rings. The first-order valence-electron chi connectivity index (χ1n) is 3.85. The van der Waals surface area contributed by atoms with Gasteiger partial charge in [-0.2, -0.15) is 0 Å². The van der Waals surface area contributed by atoms with E-state index in [-0.39, 0.29) is 0 Å². The summed E-state index contributed by atoms with van der Waals surface area (Å²) in [6, 6.07) is 0. The van der Waals surface area contributed by atoms with Crippen LogP contribution in [0.25, 0.3) is 0 Å². The Morgan fingerprint density at radius 2 is 1.69 bits per heavy atom. The average molecular weight is 194 g/mol. The SMILES string of the molecule is CC(=O)C(C(=O)OC(C)C)C(F)F. The molecule has 1 unspecified atom stereocenters. The highest BCUT2D eigenvalue weighted by Crippen LogP contribution is 2.13. The molecule has 0 fully saturated rings. The lowest BCUT2D eigenvalue weighted by molar-refractivity contribution is -0.160. The average Bonchev–Trinajstić information content (AvgIpc) is 1.81. The number of Topliss-reactive ketones (excluding diaryl/α,β-unsaturated/α-hetero) is 1. The molecule has 5 heteroatoms. The molecule has 13 heavy (non-hydrogen) atoms. The van der Waals surface area contributed by atoms with E-state index in [1.54, 1.807) is 0 Å². The molecule has 76 valence electrons. The largest absolute Gasteiger partial charge is 0.462 e. The third kappa shape index (κ3) is 3.96. The van der Waals surface area contributed by atoms with Gasteiger partial charge in [-0.25, -0.2) is 8.78 Å². The lowest BCUT2D eigenvalue weighted by atomic mass is 10.1. The quantitative estimate of drug-likeness (QED) is 0.502. The van der Waals surface area contributed by atoms with Gasteiger partial charge in [0.15, 0.2) is 5.92 Å². The Bertz CT molecular complexity index is 202. The monoisotopic (exact) mass is 194 g/mol. The minimum atomic E-state index is -3.00. The second-order valence-electron chi connectivity index (χ2n) is 2.91. The summed E-state index contributed by atoms with van der Waals surface area (Å²) in [5.41, 5.74) is 0. The molecule has 0 N–H and O–H groups in total. The highest BCUT2D eigenvalue weighted by molar-refractivity contribution is 5.98. The minimum Gasteiger partial charge on any atom is -0.462 e. The van der Waals surface area contributed by atoms with E-state index in [2.05, 4.69) is 4.74 Å². The van der Waals surface area contributed by atoms with E-state index in [9.17, 15) is 18.4 Å². The number of halogens is 2. The molecule has 0 radical (unpaired) electrons. The number of hydrogen-bond acceptors (Lipinski definition) is 3. The Balaban J connectivity index is 4.38. The highest BCUT2D eigenvalue weighted by atomic mass is 19.3. The first kappa shape index (κ1) is 12.0. The Morgan fingerprint density at radius 1 is 1.23 bits per heavy atom. The fraction of sp³-hybridized carbons (Fsp3) is 0.750. The van der Waals surface area contributed by atoms with Crippen molar-refractivity contribution in [1.29, 1.82) is 0 Å². The van der Waals surface area contributed by atoms with E-state index in [0.717, 1.165) is 6.92 Å². The van der Waals surface area contributed by atoms with E-state index in [1.807, 2.05) is 0 Å². The maximum absolute atomic E-state index is 12.1. The first-order valence-corrected chi connectivity index (χ1v) is 3.85. The number of carbonyl (C=O) groups excluding carboxylic acids is 2. The number of ketones is 1. The Hall–Kier alpha value is -1.00. The first-order chi connectivity index (χ1) is 5.86. The zero-order valence-corrected chi connectivity index (χ0v) is 7.71. The van der Waals surface area contributed by atoms with Gasteiger partial charge < -0.3 is 4.74 Å². The van der Waals surface area contributed by atoms with Gasteiger partial charge in [-0.05, 0) is 20.8 Å². The van der Waals surface area contributed by atoms with E-state index < -0.39 is 30.2 Å². The fourth-order valence-electron chi connectivity index (χ4n) is 0.752. The standard InChI is InChI=1S/C8H12F2O3/c1-4(2)13-8(12)6(5(3)11)7(9)10/h4,6-7H,1-3H3. The van der Waals surface area contributed by atoms with Crippen LogP contribution in [-0.4, -0.2) is 24.3 Å². The predicted octanol–water partition coefficient (Wildman–Crippen LogP) is 1.41. The lowest BCUT2D eigenvalue weighted by Crippen LogP contribution is -2.32. The van der Waals surface area contributed by atoms with Gasteiger partial charge in [0.1, 0.15) is 5.78 Å². The van der Waals surface area contributed by atoms with Crippen molar-refractivity contribution in [2.45, 2.75) is 33.3 Å². The lowest BCUT2D eigenvalue weighted by Gasteiger charge is -2.14. The highest BCUT2D eigenvalue weighted by Gasteiger charge is 2.34. The molecule has 0 rings (SSSR count). The number of esters is 1.